The molecule has 19 heavy (non-hydrogen) atoms. The minimum atomic E-state index is -1.25. The van der Waals surface area contributed by atoms with Crippen LogP contribution in [-0.4, -0.2) is 29.4 Å². The van der Waals surface area contributed by atoms with Crippen LogP contribution in [0.25, 0.3) is 0 Å². The van der Waals surface area contributed by atoms with E-state index in [9.17, 15) is 13.6 Å². The van der Waals surface area contributed by atoms with Gasteiger partial charge >= 0.3 is 6.09 Å². The molecule has 0 aliphatic carbocycles. The topological polar surface area (TPSA) is 58.6 Å². The average molecular weight is 275 g/mol. The second-order valence-corrected chi connectivity index (χ2v) is 4.85. The van der Waals surface area contributed by atoms with Crippen LogP contribution in [0, 0.1) is 0 Å². The minimum absolute atomic E-state index is 0.00957. The van der Waals surface area contributed by atoms with Crippen molar-refractivity contribution in [1.29, 1.82) is 0 Å². The van der Waals surface area contributed by atoms with Gasteiger partial charge < -0.3 is 15.2 Å². The molecular weight excluding hydrogens is 256 g/mol. The van der Waals surface area contributed by atoms with E-state index < -0.39 is 36.0 Å². The summed E-state index contributed by atoms with van der Waals surface area (Å²) in [5.41, 5.74) is -0.718. The lowest BCUT2D eigenvalue weighted by Gasteiger charge is -2.23. The number of halogens is 2. The molecule has 0 heterocycles. The molecule has 1 amide bonds. The average Bonchev–Trinajstić information content (AvgIpc) is 2.22. The fraction of sp³-hybridized carbons (Fsp3) is 0.462. The first kappa shape index (κ1) is 17.3. The predicted molar refractivity (Wildman–Crippen MR) is 68.8 cm³/mol. The van der Waals surface area contributed by atoms with Crippen LogP contribution in [0.1, 0.15) is 20.8 Å². The van der Waals surface area contributed by atoms with Crippen LogP contribution in [-0.2, 0) is 4.74 Å². The van der Waals surface area contributed by atoms with Crippen LogP contribution in [0.2, 0.25) is 0 Å². The molecule has 0 saturated carbocycles. The zero-order valence-electron chi connectivity index (χ0n) is 11.3. The van der Waals surface area contributed by atoms with E-state index in [1.807, 2.05) is 0 Å². The summed E-state index contributed by atoms with van der Waals surface area (Å²) in [5, 5.41) is 11.4. The van der Waals surface area contributed by atoms with Gasteiger partial charge in [-0.3, -0.25) is 0 Å². The molecule has 0 saturated heterocycles. The summed E-state index contributed by atoms with van der Waals surface area (Å²) < 4.78 is 30.4. The quantitative estimate of drug-likeness (QED) is 0.758. The molecule has 0 spiro atoms. The van der Waals surface area contributed by atoms with Crippen molar-refractivity contribution in [3.8, 4) is 0 Å². The van der Waals surface area contributed by atoms with Crippen molar-refractivity contribution in [2.45, 2.75) is 32.4 Å². The lowest BCUT2D eigenvalue weighted by molar-refractivity contribution is 0.0495. The Kier molecular flexibility index (Phi) is 6.41. The zero-order valence-corrected chi connectivity index (χ0v) is 11.3. The third-order valence-corrected chi connectivity index (χ3v) is 1.89. The van der Waals surface area contributed by atoms with E-state index in [1.165, 1.54) is 0 Å². The number of hydrogen-bond donors (Lipinski definition) is 2. The number of hydrogen-bond acceptors (Lipinski definition) is 3. The second-order valence-electron chi connectivity index (χ2n) is 4.85. The smallest absolute Gasteiger partial charge is 0.408 e. The van der Waals surface area contributed by atoms with Crippen molar-refractivity contribution < 1.29 is 23.4 Å². The summed E-state index contributed by atoms with van der Waals surface area (Å²) in [6.07, 6.45) is -0.0405. The van der Waals surface area contributed by atoms with Crippen LogP contribution in [0.15, 0.2) is 36.5 Å². The molecule has 0 bridgehead atoms. The number of amides is 1. The molecule has 2 N–H and O–H groups in total. The lowest BCUT2D eigenvalue weighted by atomic mass is 10.1. The van der Waals surface area contributed by atoms with Gasteiger partial charge in [0.1, 0.15) is 5.60 Å². The molecule has 1 atom stereocenters. The molecule has 0 aliphatic rings. The number of carbonyl (C=O) groups is 1. The van der Waals surface area contributed by atoms with Gasteiger partial charge in [0.05, 0.1) is 12.6 Å². The Hall–Kier alpha value is -1.69. The number of nitrogens with one attached hydrogen (secondary N) is 1. The number of alkyl carbamates (subject to hydrolysis) is 1. The minimum Gasteiger partial charge on any atom is -0.444 e. The Bertz CT molecular complexity index is 397. The SMILES string of the molecule is C=C(F)/C(F)=C\C(=C)C(CO)NC(=O)OC(C)(C)C. The molecule has 0 fully saturated rings. The van der Waals surface area contributed by atoms with Gasteiger partial charge in [-0.25, -0.2) is 13.6 Å². The van der Waals surface area contributed by atoms with Gasteiger partial charge in [0.15, 0.2) is 11.7 Å². The van der Waals surface area contributed by atoms with Crippen molar-refractivity contribution in [3.63, 3.8) is 0 Å². The van der Waals surface area contributed by atoms with Gasteiger partial charge in [-0.05, 0) is 32.4 Å². The van der Waals surface area contributed by atoms with E-state index in [2.05, 4.69) is 18.5 Å². The molecule has 0 aromatic heterocycles. The summed E-state index contributed by atoms with van der Waals surface area (Å²) in [6, 6.07) is -0.972. The second kappa shape index (κ2) is 7.04. The van der Waals surface area contributed by atoms with Crippen molar-refractivity contribution in [2.24, 2.45) is 0 Å². The van der Waals surface area contributed by atoms with E-state index in [4.69, 9.17) is 9.84 Å². The predicted octanol–water partition coefficient (Wildman–Crippen LogP) is 2.76. The number of aliphatic hydroxyl groups is 1. The van der Waals surface area contributed by atoms with E-state index in [0.29, 0.717) is 0 Å². The Morgan fingerprint density at radius 3 is 2.32 bits per heavy atom. The van der Waals surface area contributed by atoms with Crippen molar-refractivity contribution in [2.75, 3.05) is 6.61 Å². The van der Waals surface area contributed by atoms with Crippen LogP contribution in [0.4, 0.5) is 13.6 Å². The Morgan fingerprint density at radius 2 is 1.95 bits per heavy atom. The fourth-order valence-electron chi connectivity index (χ4n) is 1.05. The van der Waals surface area contributed by atoms with E-state index in [-0.39, 0.29) is 5.57 Å². The highest BCUT2D eigenvalue weighted by molar-refractivity contribution is 5.68. The van der Waals surface area contributed by atoms with Gasteiger partial charge in [-0.1, -0.05) is 13.2 Å². The molecule has 4 nitrogen and oxygen atoms in total. The lowest BCUT2D eigenvalue weighted by Crippen LogP contribution is -2.41. The molecule has 0 rings (SSSR count). The van der Waals surface area contributed by atoms with Crippen molar-refractivity contribution >= 4 is 6.09 Å². The van der Waals surface area contributed by atoms with Gasteiger partial charge in [0.25, 0.3) is 0 Å². The Morgan fingerprint density at radius 1 is 1.42 bits per heavy atom. The van der Waals surface area contributed by atoms with Crippen LogP contribution < -0.4 is 5.32 Å². The maximum absolute atomic E-state index is 13.0. The van der Waals surface area contributed by atoms with Gasteiger partial charge in [0, 0.05) is 0 Å². The Labute approximate surface area is 111 Å². The number of ether oxygens (including phenoxy) is 1. The fourth-order valence-corrected chi connectivity index (χ4v) is 1.05. The number of allylic oxidation sites excluding steroid dienone is 2. The number of carbonyl (C=O) groups excluding carboxylic acids is 1. The first-order chi connectivity index (χ1) is 8.56. The van der Waals surface area contributed by atoms with E-state index >= 15 is 0 Å². The van der Waals surface area contributed by atoms with Crippen LogP contribution >= 0.6 is 0 Å². The molecule has 0 aliphatic heterocycles. The highest BCUT2D eigenvalue weighted by Gasteiger charge is 2.20. The van der Waals surface area contributed by atoms with Crippen LogP contribution in [0.5, 0.6) is 0 Å². The molecule has 108 valence electrons. The normalized spacial score (nSPS) is 13.7. The number of rotatable bonds is 5. The van der Waals surface area contributed by atoms with Crippen molar-refractivity contribution in [1.82, 2.24) is 5.32 Å². The largest absolute Gasteiger partial charge is 0.444 e. The van der Waals surface area contributed by atoms with Crippen LogP contribution in [0.3, 0.4) is 0 Å². The molecule has 1 unspecified atom stereocenters. The summed E-state index contributed by atoms with van der Waals surface area (Å²) in [5.74, 6) is -2.47. The maximum Gasteiger partial charge on any atom is 0.408 e. The summed E-state index contributed by atoms with van der Waals surface area (Å²) in [6.45, 7) is 10.7. The maximum atomic E-state index is 13.0. The first-order valence-corrected chi connectivity index (χ1v) is 5.58. The zero-order chi connectivity index (χ0) is 15.2. The summed E-state index contributed by atoms with van der Waals surface area (Å²) >= 11 is 0. The van der Waals surface area contributed by atoms with E-state index in [1.54, 1.807) is 20.8 Å². The molecule has 0 aromatic carbocycles. The summed E-state index contributed by atoms with van der Waals surface area (Å²) in [7, 11) is 0. The monoisotopic (exact) mass is 275 g/mol. The van der Waals surface area contributed by atoms with E-state index in [0.717, 1.165) is 6.08 Å². The Balaban J connectivity index is 4.68. The molecule has 0 aromatic rings. The summed E-state index contributed by atoms with van der Waals surface area (Å²) in [4.78, 5) is 11.5. The highest BCUT2D eigenvalue weighted by atomic mass is 19.2. The highest BCUT2D eigenvalue weighted by Crippen LogP contribution is 2.15. The molecule has 0 radical (unpaired) electrons. The first-order valence-electron chi connectivity index (χ1n) is 5.58. The third kappa shape index (κ3) is 7.35. The standard InChI is InChI=1S/C13H19F2NO3/c1-8(6-10(15)9(2)14)11(7-17)16-12(18)19-13(3,4)5/h6,11,17H,1-2,7H2,3-5H3,(H,16,18)/b10-6+. The van der Waals surface area contributed by atoms with Gasteiger partial charge in [0.2, 0.25) is 0 Å². The third-order valence-electron chi connectivity index (χ3n) is 1.89. The van der Waals surface area contributed by atoms with Gasteiger partial charge in [-0.2, -0.15) is 0 Å². The number of aliphatic hydroxyl groups excluding tert-OH is 1. The molecule has 6 heteroatoms. The molecular formula is C13H19F2NO3. The van der Waals surface area contributed by atoms with Gasteiger partial charge in [-0.15, -0.1) is 0 Å². The van der Waals surface area contributed by atoms with Crippen molar-refractivity contribution in [3.05, 3.63) is 36.5 Å².